The molecule has 220 valence electrons. The number of benzene rings is 1. The van der Waals surface area contributed by atoms with Gasteiger partial charge in [-0.1, -0.05) is 39.8 Å². The molecule has 3 aliphatic carbocycles. The van der Waals surface area contributed by atoms with Gasteiger partial charge in [0.1, 0.15) is 17.5 Å². The summed E-state index contributed by atoms with van der Waals surface area (Å²) in [6.07, 6.45) is -1.25. The van der Waals surface area contributed by atoms with Crippen LogP contribution in [0.1, 0.15) is 46.6 Å². The smallest absolute Gasteiger partial charge is 0.406 e. The highest BCUT2D eigenvalue weighted by molar-refractivity contribution is 5.95. The maximum atomic E-state index is 14.5. The monoisotopic (exact) mass is 565 g/mol. The number of hydrogen-bond acceptors (Lipinski definition) is 8. The number of ketones is 1. The number of nitrogens with two attached hydrogens (primary N) is 2. The summed E-state index contributed by atoms with van der Waals surface area (Å²) in [4.78, 5) is 14.5. The largest absolute Gasteiger partial charge is 0.573 e. The molecule has 0 saturated heterocycles. The van der Waals surface area contributed by atoms with Crippen LogP contribution in [0, 0.1) is 28.6 Å². The third-order valence-electron chi connectivity index (χ3n) is 9.55. The lowest BCUT2D eigenvalue weighted by atomic mass is 9.59. The summed E-state index contributed by atoms with van der Waals surface area (Å²) in [7, 11) is 0. The van der Waals surface area contributed by atoms with Gasteiger partial charge in [0.15, 0.2) is 5.78 Å². The quantitative estimate of drug-likeness (QED) is 0.208. The fourth-order valence-electron chi connectivity index (χ4n) is 7.11. The molecule has 0 heterocycles. The lowest BCUT2D eigenvalue weighted by molar-refractivity contribution is -0.274. The minimum absolute atomic E-state index is 0.0623. The second-order valence-corrected chi connectivity index (χ2v) is 12.1. The molecule has 1 spiro atoms. The van der Waals surface area contributed by atoms with Gasteiger partial charge < -0.3 is 30.8 Å². The molecule has 7 atom stereocenters. The summed E-state index contributed by atoms with van der Waals surface area (Å²) >= 11 is 0. The minimum Gasteiger partial charge on any atom is -0.406 e. The van der Waals surface area contributed by atoms with E-state index in [9.17, 15) is 33.3 Å². The van der Waals surface area contributed by atoms with Crippen molar-refractivity contribution in [3.63, 3.8) is 0 Å². The van der Waals surface area contributed by atoms with Crippen molar-refractivity contribution in [2.24, 2.45) is 40.2 Å². The Kier molecular flexibility index (Phi) is 7.45. The molecule has 4 rings (SSSR count). The van der Waals surface area contributed by atoms with Crippen molar-refractivity contribution in [1.29, 1.82) is 0 Å². The van der Waals surface area contributed by atoms with Crippen LogP contribution in [0.4, 0.5) is 13.2 Å². The fraction of sp³-hybridized carbons (Fsp3) is 0.552. The molecule has 7 N–H and O–H groups in total. The van der Waals surface area contributed by atoms with E-state index >= 15 is 0 Å². The summed E-state index contributed by atoms with van der Waals surface area (Å²) in [5, 5.41) is 35.7. The standard InChI is InChI=1S/C29H38F3N3O5/c1-15-12-27-17(3)10-16(2)26(4,5)21(25(27)38)11-19(14-36)24(37)28(27,39)23(15)35(34)13-22(33)18-6-8-20(9-7-18)40-29(30,31)32/h6-9,11-13,16-17,21,23-24,36-37,39H,10,14,33-34H2,1-5H3/b22-13-/t16?,17-,21?,23?,24?,27?,28?/m1/s1. The number of fused-ring (bicyclic) bond motifs is 1. The maximum Gasteiger partial charge on any atom is 0.573 e. The van der Waals surface area contributed by atoms with Gasteiger partial charge in [0.05, 0.1) is 23.8 Å². The number of hydrogen-bond donors (Lipinski definition) is 5. The zero-order chi connectivity index (χ0) is 30.0. The molecule has 40 heavy (non-hydrogen) atoms. The van der Waals surface area contributed by atoms with Crippen molar-refractivity contribution in [2.45, 2.75) is 65.1 Å². The highest BCUT2D eigenvalue weighted by atomic mass is 19.4. The van der Waals surface area contributed by atoms with Crippen molar-refractivity contribution < 1.29 is 38.0 Å². The van der Waals surface area contributed by atoms with Gasteiger partial charge >= 0.3 is 6.36 Å². The second kappa shape index (κ2) is 9.90. The number of rotatable bonds is 5. The van der Waals surface area contributed by atoms with E-state index in [2.05, 4.69) is 11.7 Å². The molecule has 11 heteroatoms. The van der Waals surface area contributed by atoms with Gasteiger partial charge in [0.25, 0.3) is 0 Å². The van der Waals surface area contributed by atoms with Crippen molar-refractivity contribution >= 4 is 11.5 Å². The average Bonchev–Trinajstić information content (AvgIpc) is 3.04. The zero-order valence-corrected chi connectivity index (χ0v) is 23.2. The van der Waals surface area contributed by atoms with Crippen LogP contribution in [0.2, 0.25) is 0 Å². The van der Waals surface area contributed by atoms with Crippen molar-refractivity contribution in [3.8, 4) is 5.75 Å². The topological polar surface area (TPSA) is 142 Å². The Morgan fingerprint density at radius 1 is 1.20 bits per heavy atom. The molecular formula is C29H38F3N3O5. The highest BCUT2D eigenvalue weighted by Crippen LogP contribution is 2.62. The molecule has 1 aromatic carbocycles. The lowest BCUT2D eigenvalue weighted by Crippen LogP contribution is -2.68. The Hall–Kier alpha value is -2.86. The normalized spacial score (nSPS) is 35.8. The van der Waals surface area contributed by atoms with E-state index in [4.69, 9.17) is 11.6 Å². The number of alkyl halides is 3. The number of aliphatic hydroxyl groups excluding tert-OH is 2. The first kappa shape index (κ1) is 30.1. The zero-order valence-electron chi connectivity index (χ0n) is 23.2. The Morgan fingerprint density at radius 3 is 2.35 bits per heavy atom. The van der Waals surface area contributed by atoms with Crippen LogP contribution in [-0.2, 0) is 4.79 Å². The fourth-order valence-corrected chi connectivity index (χ4v) is 7.11. The molecular weight excluding hydrogens is 527 g/mol. The van der Waals surface area contributed by atoms with Crippen LogP contribution >= 0.6 is 0 Å². The van der Waals surface area contributed by atoms with E-state index in [1.165, 1.54) is 18.3 Å². The number of allylic oxidation sites excluding steroid dienone is 1. The Bertz CT molecular complexity index is 1260. The molecule has 0 amide bonds. The Labute approximate surface area is 231 Å². The molecule has 2 bridgehead atoms. The number of ether oxygens (including phenoxy) is 1. The van der Waals surface area contributed by atoms with E-state index in [1.807, 2.05) is 20.8 Å². The van der Waals surface area contributed by atoms with Gasteiger partial charge in [0, 0.05) is 12.1 Å². The van der Waals surface area contributed by atoms with E-state index in [1.54, 1.807) is 19.1 Å². The second-order valence-electron chi connectivity index (χ2n) is 12.1. The summed E-state index contributed by atoms with van der Waals surface area (Å²) in [5.41, 5.74) is 3.11. The molecule has 0 radical (unpaired) electrons. The first-order valence-corrected chi connectivity index (χ1v) is 13.2. The van der Waals surface area contributed by atoms with E-state index < -0.39 is 53.2 Å². The molecule has 1 aromatic rings. The highest BCUT2D eigenvalue weighted by Gasteiger charge is 2.72. The average molecular weight is 566 g/mol. The SMILES string of the molecule is CC1=CC23C(=O)C(C=C(CO)C(O)C2(O)C1N(N)/C=C(\N)c1ccc(OC(F)(F)F)cc1)C(C)(C)C(C)C[C@H]3C. The predicted molar refractivity (Wildman–Crippen MR) is 143 cm³/mol. The first-order valence-electron chi connectivity index (χ1n) is 13.2. The van der Waals surface area contributed by atoms with Gasteiger partial charge in [0.2, 0.25) is 0 Å². The van der Waals surface area contributed by atoms with Gasteiger partial charge in [-0.3, -0.25) is 4.79 Å². The molecule has 3 aliphatic rings. The van der Waals surface area contributed by atoms with Gasteiger partial charge in [-0.05, 0) is 71.6 Å². The van der Waals surface area contributed by atoms with Crippen LogP contribution in [0.3, 0.4) is 0 Å². The molecule has 8 nitrogen and oxygen atoms in total. The van der Waals surface area contributed by atoms with E-state index in [0.717, 1.165) is 17.1 Å². The number of Topliss-reactive ketones (excluding diaryl/α,β-unsaturated/α-hetero) is 1. The molecule has 6 unspecified atom stereocenters. The Balaban J connectivity index is 1.80. The van der Waals surface area contributed by atoms with Crippen LogP contribution in [0.15, 0.2) is 53.8 Å². The predicted octanol–water partition coefficient (Wildman–Crippen LogP) is 3.24. The number of carbonyl (C=O) groups excluding carboxylic acids is 1. The summed E-state index contributed by atoms with van der Waals surface area (Å²) in [5.74, 6) is 4.84. The van der Waals surface area contributed by atoms with Gasteiger partial charge in [-0.25, -0.2) is 5.84 Å². The third kappa shape index (κ3) is 4.43. The van der Waals surface area contributed by atoms with Gasteiger partial charge in [-0.15, -0.1) is 13.2 Å². The number of aliphatic hydroxyl groups is 3. The first-order chi connectivity index (χ1) is 18.4. The summed E-state index contributed by atoms with van der Waals surface area (Å²) in [6, 6.07) is 3.75. The number of hydrazine groups is 1. The van der Waals surface area contributed by atoms with Gasteiger partial charge in [-0.2, -0.15) is 0 Å². The number of halogens is 3. The van der Waals surface area contributed by atoms with Crippen LogP contribution < -0.4 is 16.3 Å². The molecule has 1 fully saturated rings. The lowest BCUT2D eigenvalue weighted by Gasteiger charge is -2.50. The minimum atomic E-state index is -4.84. The molecule has 0 aliphatic heterocycles. The van der Waals surface area contributed by atoms with Crippen LogP contribution in [-0.4, -0.2) is 56.8 Å². The van der Waals surface area contributed by atoms with E-state index in [0.29, 0.717) is 17.6 Å². The maximum absolute atomic E-state index is 14.5. The number of carbonyl (C=O) groups is 1. The van der Waals surface area contributed by atoms with Crippen molar-refractivity contribution in [1.82, 2.24) is 5.01 Å². The number of nitrogens with zero attached hydrogens (tertiary/aromatic N) is 1. The summed E-state index contributed by atoms with van der Waals surface area (Å²) < 4.78 is 41.5. The third-order valence-corrected chi connectivity index (χ3v) is 9.55. The molecule has 1 saturated carbocycles. The summed E-state index contributed by atoms with van der Waals surface area (Å²) in [6.45, 7) is 9.07. The molecule has 0 aromatic heterocycles. The van der Waals surface area contributed by atoms with Crippen LogP contribution in [0.5, 0.6) is 5.75 Å². The van der Waals surface area contributed by atoms with E-state index in [-0.39, 0.29) is 28.9 Å². The van der Waals surface area contributed by atoms with Crippen molar-refractivity contribution in [3.05, 3.63) is 59.3 Å². The Morgan fingerprint density at radius 2 is 1.80 bits per heavy atom. The van der Waals surface area contributed by atoms with Crippen molar-refractivity contribution in [2.75, 3.05) is 6.61 Å². The van der Waals surface area contributed by atoms with Crippen LogP contribution in [0.25, 0.3) is 5.70 Å².